The van der Waals surface area contributed by atoms with E-state index in [4.69, 9.17) is 23.7 Å². The molecule has 0 unspecified atom stereocenters. The van der Waals surface area contributed by atoms with Crippen LogP contribution in [0.25, 0.3) is 0 Å². The minimum atomic E-state index is -1.87. The van der Waals surface area contributed by atoms with Gasteiger partial charge < -0.3 is 84.7 Å². The topological polar surface area (TPSA) is 303 Å². The first-order chi connectivity index (χ1) is 31.4. The Hall–Kier alpha value is -1.72. The summed E-state index contributed by atoms with van der Waals surface area (Å²) in [5, 5.41) is 121. The van der Waals surface area contributed by atoms with Crippen molar-refractivity contribution in [1.29, 1.82) is 0 Å². The van der Waals surface area contributed by atoms with Crippen LogP contribution < -0.4 is 0 Å². The second kappa shape index (κ2) is 18.4. The number of ether oxygens (including phenoxy) is 5. The lowest BCUT2D eigenvalue weighted by atomic mass is 9.31. The van der Waals surface area contributed by atoms with E-state index in [0.29, 0.717) is 44.9 Å². The molecule has 2 saturated heterocycles. The van der Waals surface area contributed by atoms with Crippen LogP contribution in [0.5, 0.6) is 0 Å². The maximum atomic E-state index is 15.0. The van der Waals surface area contributed by atoms with Crippen molar-refractivity contribution in [3.63, 3.8) is 0 Å². The Kier molecular flexibility index (Phi) is 14.2. The third-order valence-corrected chi connectivity index (χ3v) is 20.1. The SMILES string of the molecule is C=C(C)[C@@H]1CC[C@]2(C(=O)O[C@@H]3O[C@H](CO[C@@H]4O[C@H](CO)[C@@H](O[C@@H]5C[C@H](C)[C@H](O)[C@@H](O)[C@H]5O)[C@@H](O)[C@H]4O)[C@H](O)[C@@H](O)[C@H]3O)CC[C@]3(C)[C@H](C[C@@H](O)[C@@H]4[C@@]5(C)CC[C@@H](O)[C@@](C)(C=O)[C@@H]5CC[C@]43C)[C@@H]12. The van der Waals surface area contributed by atoms with Gasteiger partial charge in [-0.3, -0.25) is 4.79 Å². The first kappa shape index (κ1) is 51.6. The van der Waals surface area contributed by atoms with Gasteiger partial charge in [-0.25, -0.2) is 0 Å². The average Bonchev–Trinajstić information content (AvgIpc) is 3.70. The van der Waals surface area contributed by atoms with Crippen LogP contribution >= 0.6 is 0 Å². The van der Waals surface area contributed by atoms with Crippen LogP contribution in [0.1, 0.15) is 106 Å². The molecular formula is C49H78O18. The molecule has 0 spiro atoms. The van der Waals surface area contributed by atoms with Crippen LogP contribution in [0.3, 0.4) is 0 Å². The summed E-state index contributed by atoms with van der Waals surface area (Å²) in [5.41, 5.74) is -2.24. The molecule has 6 saturated carbocycles. The summed E-state index contributed by atoms with van der Waals surface area (Å²) in [6, 6.07) is 0. The van der Waals surface area contributed by atoms with Crippen LogP contribution in [0.2, 0.25) is 0 Å². The molecule has 0 aromatic carbocycles. The number of rotatable bonds is 10. The molecule has 0 aromatic heterocycles. The summed E-state index contributed by atoms with van der Waals surface area (Å²) in [7, 11) is 0. The van der Waals surface area contributed by atoms with E-state index in [2.05, 4.69) is 27.4 Å². The van der Waals surface area contributed by atoms with E-state index in [1.165, 1.54) is 0 Å². The van der Waals surface area contributed by atoms with Gasteiger partial charge in [0.25, 0.3) is 0 Å². The van der Waals surface area contributed by atoms with E-state index < -0.39 is 139 Å². The van der Waals surface area contributed by atoms with Crippen molar-refractivity contribution in [3.05, 3.63) is 12.2 Å². The minimum absolute atomic E-state index is 0.0869. The first-order valence-corrected chi connectivity index (χ1v) is 24.7. The number of hydrogen-bond donors (Lipinski definition) is 11. The van der Waals surface area contributed by atoms with Crippen LogP contribution in [0, 0.1) is 62.6 Å². The molecule has 27 atom stereocenters. The number of fused-ring (bicyclic) bond motifs is 7. The highest BCUT2D eigenvalue weighted by Crippen LogP contribution is 2.77. The lowest BCUT2D eigenvalue weighted by Gasteiger charge is -2.73. The molecule has 2 heterocycles. The fraction of sp³-hybridized carbons (Fsp3) is 0.918. The highest BCUT2D eigenvalue weighted by molar-refractivity contribution is 5.78. The Morgan fingerprint density at radius 3 is 2.04 bits per heavy atom. The molecule has 2 aliphatic heterocycles. The van der Waals surface area contributed by atoms with E-state index in [0.717, 1.165) is 24.7 Å². The predicted molar refractivity (Wildman–Crippen MR) is 234 cm³/mol. The fourth-order valence-electron chi connectivity index (χ4n) is 16.1. The molecule has 18 nitrogen and oxygen atoms in total. The van der Waals surface area contributed by atoms with Crippen molar-refractivity contribution in [3.8, 4) is 0 Å². The third kappa shape index (κ3) is 7.84. The summed E-state index contributed by atoms with van der Waals surface area (Å²) in [5.74, 6) is -1.93. The Morgan fingerprint density at radius 2 is 1.39 bits per heavy atom. The molecule has 11 N–H and O–H groups in total. The van der Waals surface area contributed by atoms with E-state index >= 15 is 0 Å². The molecule has 8 aliphatic rings. The minimum Gasteiger partial charge on any atom is -0.432 e. The maximum Gasteiger partial charge on any atom is 0.314 e. The molecule has 6 aliphatic carbocycles. The van der Waals surface area contributed by atoms with Gasteiger partial charge in [-0.05, 0) is 123 Å². The van der Waals surface area contributed by atoms with Crippen molar-refractivity contribution in [1.82, 2.24) is 0 Å². The van der Waals surface area contributed by atoms with Crippen molar-refractivity contribution in [2.45, 2.75) is 204 Å². The lowest BCUT2D eigenvalue weighted by Crippen LogP contribution is -2.70. The zero-order valence-electron chi connectivity index (χ0n) is 39.7. The van der Waals surface area contributed by atoms with Gasteiger partial charge in [0.15, 0.2) is 6.29 Å². The fourth-order valence-corrected chi connectivity index (χ4v) is 16.1. The van der Waals surface area contributed by atoms with Gasteiger partial charge in [0.2, 0.25) is 6.29 Å². The van der Waals surface area contributed by atoms with Gasteiger partial charge in [0.05, 0.1) is 48.5 Å². The van der Waals surface area contributed by atoms with E-state index in [1.54, 1.807) is 6.92 Å². The Labute approximate surface area is 392 Å². The molecule has 0 aromatic rings. The molecule has 8 fully saturated rings. The molecule has 0 amide bonds. The number of hydrogen-bond acceptors (Lipinski definition) is 18. The van der Waals surface area contributed by atoms with Gasteiger partial charge >= 0.3 is 5.97 Å². The molecule has 0 radical (unpaired) electrons. The largest absolute Gasteiger partial charge is 0.432 e. The summed E-state index contributed by atoms with van der Waals surface area (Å²) >= 11 is 0. The second-order valence-corrected chi connectivity index (χ2v) is 23.3. The number of aliphatic hydroxyl groups excluding tert-OH is 11. The zero-order valence-corrected chi connectivity index (χ0v) is 39.7. The summed E-state index contributed by atoms with van der Waals surface area (Å²) in [4.78, 5) is 27.7. The maximum absolute atomic E-state index is 15.0. The summed E-state index contributed by atoms with van der Waals surface area (Å²) in [6.45, 7) is 15.3. The van der Waals surface area contributed by atoms with Crippen molar-refractivity contribution in [2.75, 3.05) is 13.2 Å². The molecule has 67 heavy (non-hydrogen) atoms. The summed E-state index contributed by atoms with van der Waals surface area (Å²) in [6.07, 6.45) is -17.4. The molecular weight excluding hydrogens is 877 g/mol. The number of aldehydes is 1. The van der Waals surface area contributed by atoms with Crippen LogP contribution in [-0.4, -0.2) is 180 Å². The number of carbonyl (C=O) groups excluding carboxylic acids is 2. The van der Waals surface area contributed by atoms with Gasteiger partial charge in [0, 0.05) is 0 Å². The molecule has 0 bridgehead atoms. The van der Waals surface area contributed by atoms with Crippen molar-refractivity contribution < 1.29 is 89.4 Å². The monoisotopic (exact) mass is 955 g/mol. The second-order valence-electron chi connectivity index (χ2n) is 23.3. The van der Waals surface area contributed by atoms with Crippen molar-refractivity contribution >= 4 is 12.3 Å². The van der Waals surface area contributed by atoms with Gasteiger partial charge in [0.1, 0.15) is 67.3 Å². The van der Waals surface area contributed by atoms with E-state index in [-0.39, 0.29) is 46.8 Å². The molecule has 382 valence electrons. The van der Waals surface area contributed by atoms with Gasteiger partial charge in [-0.2, -0.15) is 0 Å². The average molecular weight is 955 g/mol. The van der Waals surface area contributed by atoms with E-state index in [9.17, 15) is 65.8 Å². The smallest absolute Gasteiger partial charge is 0.314 e. The quantitative estimate of drug-likeness (QED) is 0.0770. The van der Waals surface area contributed by atoms with Crippen LogP contribution in [0.4, 0.5) is 0 Å². The molecule has 8 rings (SSSR count). The van der Waals surface area contributed by atoms with Gasteiger partial charge in [-0.15, -0.1) is 0 Å². The van der Waals surface area contributed by atoms with Crippen LogP contribution in [-0.2, 0) is 33.3 Å². The number of carbonyl (C=O) groups is 2. The zero-order chi connectivity index (χ0) is 49.1. The lowest BCUT2D eigenvalue weighted by molar-refractivity contribution is -0.337. The third-order valence-electron chi connectivity index (χ3n) is 20.1. The Morgan fingerprint density at radius 1 is 0.731 bits per heavy atom. The predicted octanol–water partition coefficient (Wildman–Crippen LogP) is -0.163. The number of allylic oxidation sites excluding steroid dienone is 1. The Balaban J connectivity index is 0.979. The normalized spacial score (nSPS) is 56.4. The van der Waals surface area contributed by atoms with Crippen molar-refractivity contribution in [2.24, 2.45) is 62.6 Å². The summed E-state index contributed by atoms with van der Waals surface area (Å²) < 4.78 is 29.5. The van der Waals surface area contributed by atoms with Crippen LogP contribution in [0.15, 0.2) is 12.2 Å². The van der Waals surface area contributed by atoms with E-state index in [1.807, 2.05) is 13.8 Å². The Bertz CT molecular complexity index is 1840. The highest BCUT2D eigenvalue weighted by Gasteiger charge is 2.74. The standard InChI is InChI=1S/C49H78O18/c1-21(2)23-8-13-49(15-14-47(6)24(31(23)49)17-25(52)41-45(4)11-10-30(53)46(5,20-51)29(45)9-12-48(41,47)7)44(62)67-43-38(60)36(58)34(56)28(66-43)19-63-42-39(61)37(59)40(27(18-50)65-42)64-26-16-22(3)32(54)35(57)33(26)55/h20,22-43,50,52-61H,1,8-19H2,2-7H3/t22-,23-,24+,25+,26+,27+,28+,29+,30+,31+,32-,33-,34-,35+,36+,37-,38+,39+,40+,41+,42+,43-,45-,46-,47+,48+,49-/m0/s1. The highest BCUT2D eigenvalue weighted by atomic mass is 16.7. The van der Waals surface area contributed by atoms with Gasteiger partial charge in [-0.1, -0.05) is 46.8 Å². The number of aliphatic hydroxyl groups is 11. The number of esters is 1. The first-order valence-electron chi connectivity index (χ1n) is 24.7. The molecule has 18 heteroatoms.